The van der Waals surface area contributed by atoms with E-state index in [9.17, 15) is 9.90 Å². The number of benzene rings is 2. The van der Waals surface area contributed by atoms with Gasteiger partial charge >= 0.3 is 6.09 Å². The number of ether oxygens (including phenoxy) is 1. The Morgan fingerprint density at radius 3 is 1.97 bits per heavy atom. The van der Waals surface area contributed by atoms with Crippen molar-refractivity contribution < 1.29 is 14.6 Å². The molecule has 162 valence electrons. The Labute approximate surface area is 180 Å². The van der Waals surface area contributed by atoms with Crippen molar-refractivity contribution in [1.29, 1.82) is 0 Å². The number of alkyl carbamates (subject to hydrolysis) is 1. The fourth-order valence-corrected chi connectivity index (χ4v) is 4.05. The van der Waals surface area contributed by atoms with Gasteiger partial charge in [-0.05, 0) is 44.7 Å². The molecular formula is C25H34N2O3. The van der Waals surface area contributed by atoms with Crippen molar-refractivity contribution in [3.63, 3.8) is 0 Å². The lowest BCUT2D eigenvalue weighted by Gasteiger charge is -2.51. The number of carbonyl (C=O) groups excluding carboxylic acids is 1. The lowest BCUT2D eigenvalue weighted by Crippen LogP contribution is -2.56. The number of aliphatic hydroxyl groups excluding tert-OH is 1. The van der Waals surface area contributed by atoms with E-state index in [1.165, 1.54) is 11.1 Å². The predicted molar refractivity (Wildman–Crippen MR) is 119 cm³/mol. The first-order valence-electron chi connectivity index (χ1n) is 10.7. The van der Waals surface area contributed by atoms with Gasteiger partial charge in [0.25, 0.3) is 0 Å². The number of rotatable bonds is 8. The molecule has 30 heavy (non-hydrogen) atoms. The van der Waals surface area contributed by atoms with Gasteiger partial charge in [0.15, 0.2) is 0 Å². The maximum atomic E-state index is 12.0. The predicted octanol–water partition coefficient (Wildman–Crippen LogP) is 4.35. The van der Waals surface area contributed by atoms with Crippen LogP contribution in [-0.4, -0.2) is 40.9 Å². The van der Waals surface area contributed by atoms with E-state index in [2.05, 4.69) is 58.7 Å². The van der Waals surface area contributed by atoms with E-state index in [0.29, 0.717) is 12.6 Å². The Morgan fingerprint density at radius 1 is 1.03 bits per heavy atom. The van der Waals surface area contributed by atoms with Crippen LogP contribution in [0.15, 0.2) is 60.7 Å². The third kappa shape index (κ3) is 6.31. The van der Waals surface area contributed by atoms with E-state index in [1.807, 2.05) is 32.9 Å². The molecule has 2 aromatic rings. The number of nitrogens with one attached hydrogen (secondary N) is 1. The lowest BCUT2D eigenvalue weighted by molar-refractivity contribution is -0.0439. The zero-order chi connectivity index (χ0) is 21.6. The summed E-state index contributed by atoms with van der Waals surface area (Å²) >= 11 is 0. The Hall–Kier alpha value is -2.37. The van der Waals surface area contributed by atoms with Gasteiger partial charge in [-0.25, -0.2) is 4.79 Å². The van der Waals surface area contributed by atoms with Crippen LogP contribution in [0.2, 0.25) is 0 Å². The van der Waals surface area contributed by atoms with Crippen LogP contribution >= 0.6 is 0 Å². The molecule has 0 atom stereocenters. The Bertz CT molecular complexity index is 755. The molecule has 0 spiro atoms. The number of amides is 1. The highest BCUT2D eigenvalue weighted by Crippen LogP contribution is 2.44. The minimum atomic E-state index is -0.527. The zero-order valence-corrected chi connectivity index (χ0v) is 18.3. The second kappa shape index (κ2) is 9.63. The summed E-state index contributed by atoms with van der Waals surface area (Å²) in [5.74, 6) is 0. The van der Waals surface area contributed by atoms with Gasteiger partial charge in [-0.15, -0.1) is 0 Å². The van der Waals surface area contributed by atoms with Gasteiger partial charge in [-0.2, -0.15) is 0 Å². The second-order valence-corrected chi connectivity index (χ2v) is 9.45. The van der Waals surface area contributed by atoms with E-state index in [4.69, 9.17) is 4.74 Å². The maximum absolute atomic E-state index is 12.0. The smallest absolute Gasteiger partial charge is 0.407 e. The van der Waals surface area contributed by atoms with Gasteiger partial charge in [-0.3, -0.25) is 4.90 Å². The van der Waals surface area contributed by atoms with Gasteiger partial charge in [0.2, 0.25) is 0 Å². The minimum Gasteiger partial charge on any atom is -0.444 e. The van der Waals surface area contributed by atoms with Crippen LogP contribution in [0.3, 0.4) is 0 Å². The van der Waals surface area contributed by atoms with E-state index in [0.717, 1.165) is 25.9 Å². The Morgan fingerprint density at radius 2 is 1.53 bits per heavy atom. The molecule has 1 saturated carbocycles. The van der Waals surface area contributed by atoms with E-state index >= 15 is 0 Å². The van der Waals surface area contributed by atoms with Crippen LogP contribution in [0.1, 0.15) is 44.7 Å². The summed E-state index contributed by atoms with van der Waals surface area (Å²) in [7, 11) is 0. The zero-order valence-electron chi connectivity index (χ0n) is 18.3. The van der Waals surface area contributed by atoms with Crippen molar-refractivity contribution in [3.05, 3.63) is 71.8 Å². The average Bonchev–Trinajstić information content (AvgIpc) is 2.67. The highest BCUT2D eigenvalue weighted by Gasteiger charge is 2.46. The number of aliphatic hydroxyl groups is 1. The molecule has 0 aliphatic heterocycles. The largest absolute Gasteiger partial charge is 0.444 e. The molecular weight excluding hydrogens is 376 g/mol. The monoisotopic (exact) mass is 410 g/mol. The molecule has 0 radical (unpaired) electrons. The molecule has 0 bridgehead atoms. The SMILES string of the molecule is CC(C)(C)OC(=O)NC[C@]1(CO)C[C@@H](N(Cc2ccccc2)Cc2ccccc2)C1. The topological polar surface area (TPSA) is 61.8 Å². The first kappa shape index (κ1) is 22.3. The Balaban J connectivity index is 1.62. The quantitative estimate of drug-likeness (QED) is 0.679. The molecule has 2 N–H and O–H groups in total. The van der Waals surface area contributed by atoms with Crippen LogP contribution in [-0.2, 0) is 17.8 Å². The van der Waals surface area contributed by atoms with Crippen molar-refractivity contribution >= 4 is 6.09 Å². The van der Waals surface area contributed by atoms with Gasteiger partial charge in [-0.1, -0.05) is 60.7 Å². The van der Waals surface area contributed by atoms with Crippen molar-refractivity contribution in [3.8, 4) is 0 Å². The molecule has 1 aliphatic carbocycles. The van der Waals surface area contributed by atoms with Gasteiger partial charge in [0.05, 0.1) is 6.61 Å². The summed E-state index contributed by atoms with van der Waals surface area (Å²) in [5.41, 5.74) is 1.75. The fraction of sp³-hybridized carbons (Fsp3) is 0.480. The third-order valence-corrected chi connectivity index (χ3v) is 5.65. The molecule has 1 fully saturated rings. The molecule has 3 rings (SSSR count). The van der Waals surface area contributed by atoms with Crippen LogP contribution in [0.25, 0.3) is 0 Å². The molecule has 0 unspecified atom stereocenters. The van der Waals surface area contributed by atoms with Gasteiger partial charge in [0.1, 0.15) is 5.60 Å². The summed E-state index contributed by atoms with van der Waals surface area (Å²) in [6.45, 7) is 7.75. The van der Waals surface area contributed by atoms with Gasteiger partial charge in [0, 0.05) is 31.1 Å². The average molecular weight is 411 g/mol. The second-order valence-electron chi connectivity index (χ2n) is 9.45. The Kier molecular flexibility index (Phi) is 7.16. The molecule has 1 amide bonds. The molecule has 5 heteroatoms. The molecule has 0 saturated heterocycles. The minimum absolute atomic E-state index is 0.0593. The van der Waals surface area contributed by atoms with E-state index < -0.39 is 11.7 Å². The van der Waals surface area contributed by atoms with Crippen LogP contribution in [0.4, 0.5) is 4.79 Å². The maximum Gasteiger partial charge on any atom is 0.407 e. The summed E-state index contributed by atoms with van der Waals surface area (Å²) in [5, 5.41) is 12.9. The normalized spacial score (nSPS) is 21.2. The number of hydrogen-bond donors (Lipinski definition) is 2. The highest BCUT2D eigenvalue weighted by molar-refractivity contribution is 5.67. The van der Waals surface area contributed by atoms with E-state index in [-0.39, 0.29) is 12.0 Å². The van der Waals surface area contributed by atoms with Crippen LogP contribution < -0.4 is 5.32 Å². The van der Waals surface area contributed by atoms with Gasteiger partial charge < -0.3 is 15.2 Å². The van der Waals surface area contributed by atoms with Crippen molar-refractivity contribution in [2.24, 2.45) is 5.41 Å². The molecule has 1 aliphatic rings. The van der Waals surface area contributed by atoms with Crippen molar-refractivity contribution in [2.45, 2.75) is 58.3 Å². The highest BCUT2D eigenvalue weighted by atomic mass is 16.6. The van der Waals surface area contributed by atoms with Crippen LogP contribution in [0.5, 0.6) is 0 Å². The lowest BCUT2D eigenvalue weighted by atomic mass is 9.65. The molecule has 5 nitrogen and oxygen atoms in total. The first-order chi connectivity index (χ1) is 14.3. The van der Waals surface area contributed by atoms with Crippen molar-refractivity contribution in [2.75, 3.05) is 13.2 Å². The van der Waals surface area contributed by atoms with Crippen LogP contribution in [0, 0.1) is 5.41 Å². The molecule has 2 aromatic carbocycles. The van der Waals surface area contributed by atoms with E-state index in [1.54, 1.807) is 0 Å². The first-order valence-corrected chi connectivity index (χ1v) is 10.7. The summed E-state index contributed by atoms with van der Waals surface area (Å²) in [6.07, 6.45) is 1.27. The molecule has 0 heterocycles. The fourth-order valence-electron chi connectivity index (χ4n) is 4.05. The standard InChI is InChI=1S/C25H34N2O3/c1-24(2,3)30-23(29)26-18-25(19-28)14-22(15-25)27(16-20-10-6-4-7-11-20)17-21-12-8-5-9-13-21/h4-13,22,28H,14-19H2,1-3H3,(H,26,29)/t22-,25+. The number of hydrogen-bond acceptors (Lipinski definition) is 4. The summed E-state index contributed by atoms with van der Waals surface area (Å²) < 4.78 is 5.34. The number of carbonyl (C=O) groups is 1. The molecule has 0 aromatic heterocycles. The van der Waals surface area contributed by atoms with Crippen molar-refractivity contribution in [1.82, 2.24) is 10.2 Å². The number of nitrogens with zero attached hydrogens (tertiary/aromatic N) is 1. The summed E-state index contributed by atoms with van der Waals surface area (Å²) in [6, 6.07) is 21.3. The third-order valence-electron chi connectivity index (χ3n) is 5.65. The summed E-state index contributed by atoms with van der Waals surface area (Å²) in [4.78, 5) is 14.5.